The Morgan fingerprint density at radius 2 is 0.873 bits per heavy atom. The maximum Gasteiger partial charge on any atom is 0.306 e. The first-order chi connectivity index (χ1) is 38.7. The normalized spacial score (nSPS) is 19.1. The first kappa shape index (κ1) is 74.6. The lowest BCUT2D eigenvalue weighted by atomic mass is 9.99. The Bertz CT molecular complexity index is 1470. The van der Waals surface area contributed by atoms with Gasteiger partial charge in [0.15, 0.2) is 12.4 Å². The minimum absolute atomic E-state index is 0.123. The maximum atomic E-state index is 13.4. The van der Waals surface area contributed by atoms with Crippen LogP contribution in [0, 0.1) is 0 Å². The predicted octanol–water partition coefficient (Wildman–Crippen LogP) is 16.4. The Hall–Kier alpha value is -2.38. The number of allylic oxidation sites excluding steroid dienone is 7. The van der Waals surface area contributed by atoms with Gasteiger partial charge in [-0.25, -0.2) is 0 Å². The molecule has 1 amide bonds. The molecular weight excluding hydrogens is 991 g/mol. The lowest BCUT2D eigenvalue weighted by Crippen LogP contribution is -2.61. The highest BCUT2D eigenvalue weighted by Gasteiger charge is 2.47. The summed E-state index contributed by atoms with van der Waals surface area (Å²) < 4.78 is 17.7. The number of ether oxygens (including phenoxy) is 3. The Balaban J connectivity index is 2.57. The van der Waals surface area contributed by atoms with Crippen LogP contribution in [-0.4, -0.2) is 99.6 Å². The Morgan fingerprint density at radius 1 is 0.494 bits per heavy atom. The van der Waals surface area contributed by atoms with Crippen molar-refractivity contribution >= 4 is 11.9 Å². The number of rotatable bonds is 57. The number of nitrogens with one attached hydrogen (secondary N) is 1. The van der Waals surface area contributed by atoms with Gasteiger partial charge in [0.25, 0.3) is 0 Å². The molecule has 1 aliphatic heterocycles. The van der Waals surface area contributed by atoms with E-state index in [2.05, 4.69) is 62.5 Å². The molecule has 79 heavy (non-hydrogen) atoms. The van der Waals surface area contributed by atoms with Crippen LogP contribution >= 0.6 is 0 Å². The van der Waals surface area contributed by atoms with Crippen molar-refractivity contribution in [3.05, 3.63) is 48.6 Å². The van der Waals surface area contributed by atoms with Gasteiger partial charge >= 0.3 is 5.97 Å². The molecule has 0 aromatic rings. The van der Waals surface area contributed by atoms with Gasteiger partial charge in [-0.3, -0.25) is 9.59 Å². The van der Waals surface area contributed by atoms with E-state index in [-0.39, 0.29) is 19.4 Å². The van der Waals surface area contributed by atoms with Crippen LogP contribution in [0.3, 0.4) is 0 Å². The van der Waals surface area contributed by atoms with Gasteiger partial charge in [-0.2, -0.15) is 0 Å². The molecule has 6 N–H and O–H groups in total. The summed E-state index contributed by atoms with van der Waals surface area (Å²) in [6.07, 6.45) is 58.7. The summed E-state index contributed by atoms with van der Waals surface area (Å²) in [6.45, 7) is 5.77. The third-order valence-corrected chi connectivity index (χ3v) is 15.7. The summed E-state index contributed by atoms with van der Waals surface area (Å²) in [7, 11) is 0. The molecule has 1 aliphatic rings. The van der Waals surface area contributed by atoms with Gasteiger partial charge in [0.2, 0.25) is 5.91 Å². The zero-order valence-electron chi connectivity index (χ0n) is 51.2. The van der Waals surface area contributed by atoms with Gasteiger partial charge < -0.3 is 45.1 Å². The molecular formula is C68H125NO10. The molecule has 11 nitrogen and oxygen atoms in total. The van der Waals surface area contributed by atoms with E-state index in [9.17, 15) is 35.1 Å². The van der Waals surface area contributed by atoms with E-state index in [1.807, 2.05) is 6.08 Å². The van der Waals surface area contributed by atoms with Crippen molar-refractivity contribution in [3.8, 4) is 0 Å². The fourth-order valence-corrected chi connectivity index (χ4v) is 10.4. The Labute approximate surface area is 485 Å². The predicted molar refractivity (Wildman–Crippen MR) is 329 cm³/mol. The third kappa shape index (κ3) is 43.9. The molecule has 1 heterocycles. The van der Waals surface area contributed by atoms with Gasteiger partial charge in [0.05, 0.1) is 25.4 Å². The van der Waals surface area contributed by atoms with E-state index in [1.165, 1.54) is 199 Å². The Morgan fingerprint density at radius 3 is 1.33 bits per heavy atom. The summed E-state index contributed by atoms with van der Waals surface area (Å²) in [5.74, 6) is -1.20. The van der Waals surface area contributed by atoms with Gasteiger partial charge in [-0.05, 0) is 83.5 Å². The number of aliphatic hydroxyl groups is 5. The zero-order chi connectivity index (χ0) is 57.5. The van der Waals surface area contributed by atoms with Crippen LogP contribution in [0.1, 0.15) is 310 Å². The topological polar surface area (TPSA) is 175 Å². The summed E-state index contributed by atoms with van der Waals surface area (Å²) >= 11 is 0. The highest BCUT2D eigenvalue weighted by Crippen LogP contribution is 2.26. The highest BCUT2D eigenvalue weighted by molar-refractivity contribution is 5.80. The van der Waals surface area contributed by atoms with Crippen LogP contribution in [-0.2, 0) is 23.8 Å². The summed E-state index contributed by atoms with van der Waals surface area (Å²) in [5.41, 5.74) is 0. The molecule has 8 unspecified atom stereocenters. The van der Waals surface area contributed by atoms with E-state index < -0.39 is 67.4 Å². The molecule has 8 atom stereocenters. The summed E-state index contributed by atoms with van der Waals surface area (Å²) in [4.78, 5) is 26.6. The van der Waals surface area contributed by atoms with Gasteiger partial charge in [0.1, 0.15) is 24.4 Å². The van der Waals surface area contributed by atoms with E-state index in [1.54, 1.807) is 6.08 Å². The second-order valence-corrected chi connectivity index (χ2v) is 23.2. The molecule has 0 radical (unpaired) electrons. The molecule has 1 fully saturated rings. The molecule has 1 saturated heterocycles. The van der Waals surface area contributed by atoms with Crippen LogP contribution in [0.5, 0.6) is 0 Å². The number of esters is 1. The van der Waals surface area contributed by atoms with Crippen molar-refractivity contribution in [2.24, 2.45) is 0 Å². The van der Waals surface area contributed by atoms with Crippen LogP contribution in [0.2, 0.25) is 0 Å². The minimum Gasteiger partial charge on any atom is -0.454 e. The monoisotopic (exact) mass is 1120 g/mol. The Kier molecular flexibility index (Phi) is 53.0. The number of hydrogen-bond donors (Lipinski definition) is 6. The number of carbonyl (C=O) groups is 2. The van der Waals surface area contributed by atoms with Gasteiger partial charge in [-0.15, -0.1) is 0 Å². The summed E-state index contributed by atoms with van der Waals surface area (Å²) in [5, 5.41) is 57.0. The average molecular weight is 1120 g/mol. The van der Waals surface area contributed by atoms with E-state index in [4.69, 9.17) is 14.2 Å². The fourth-order valence-electron chi connectivity index (χ4n) is 10.4. The highest BCUT2D eigenvalue weighted by atomic mass is 16.7. The molecule has 0 aliphatic carbocycles. The number of unbranched alkanes of at least 4 members (excludes halogenated alkanes) is 37. The lowest BCUT2D eigenvalue weighted by molar-refractivity contribution is -0.305. The first-order valence-electron chi connectivity index (χ1n) is 33.4. The minimum atomic E-state index is -1.61. The number of amides is 1. The smallest absolute Gasteiger partial charge is 0.306 e. The number of carbonyl (C=O) groups excluding carboxylic acids is 2. The van der Waals surface area contributed by atoms with Crippen LogP contribution < -0.4 is 5.32 Å². The zero-order valence-corrected chi connectivity index (χ0v) is 51.2. The molecule has 462 valence electrons. The van der Waals surface area contributed by atoms with Crippen molar-refractivity contribution in [1.82, 2.24) is 5.32 Å². The van der Waals surface area contributed by atoms with Crippen molar-refractivity contribution < 1.29 is 49.3 Å². The van der Waals surface area contributed by atoms with Crippen LogP contribution in [0.25, 0.3) is 0 Å². The van der Waals surface area contributed by atoms with E-state index in [0.717, 1.165) is 64.2 Å². The largest absolute Gasteiger partial charge is 0.454 e. The molecule has 1 rings (SSSR count). The number of aliphatic hydroxyl groups excluding tert-OH is 5. The van der Waals surface area contributed by atoms with E-state index in [0.29, 0.717) is 12.8 Å². The van der Waals surface area contributed by atoms with Crippen LogP contribution in [0.15, 0.2) is 48.6 Å². The quantitative estimate of drug-likeness (QED) is 0.0195. The number of hydrogen-bond acceptors (Lipinski definition) is 10. The molecule has 11 heteroatoms. The van der Waals surface area contributed by atoms with Crippen molar-refractivity contribution in [1.29, 1.82) is 0 Å². The molecule has 0 bridgehead atoms. The van der Waals surface area contributed by atoms with Gasteiger partial charge in [0, 0.05) is 6.42 Å². The van der Waals surface area contributed by atoms with Gasteiger partial charge in [-0.1, -0.05) is 268 Å². The fraction of sp³-hybridized carbons (Fsp3) is 0.853. The lowest BCUT2D eigenvalue weighted by Gasteiger charge is -2.41. The van der Waals surface area contributed by atoms with Crippen molar-refractivity contribution in [2.45, 2.75) is 359 Å². The molecule has 0 saturated carbocycles. The second kappa shape index (κ2) is 56.1. The summed E-state index contributed by atoms with van der Waals surface area (Å²) in [6, 6.07) is -1.03. The molecule has 0 aromatic heterocycles. The van der Waals surface area contributed by atoms with Crippen LogP contribution in [0.4, 0.5) is 0 Å². The average Bonchev–Trinajstić information content (AvgIpc) is 3.48. The third-order valence-electron chi connectivity index (χ3n) is 15.7. The SMILES string of the molecule is CCCCC/C=C\C/C=C\CCCCCCCCCCCCCCCCCC(=O)OC1C(OCC(NC(=O)C(O)CCCC/C=C\CCCCCCCC)C(O)/C=C/CCCCCCCCCCCCC)OC(CO)C(O)C1O. The molecule has 0 aromatic carbocycles. The molecule has 0 spiro atoms. The standard InChI is InChI=1S/C68H125NO10/c1-4-7-10-13-16-19-22-25-26-27-28-29-30-31-32-33-34-35-36-38-41-44-47-50-53-56-63(73)79-66-65(75)64(74)62(57-70)78-68(66)77-58-59(60(71)54-51-48-45-42-40-37-23-20-17-14-11-8-5-2)69-67(76)61(72)55-52-49-46-43-39-24-21-18-15-12-9-6-3/h16,19,25-26,39,43,51,54,59-62,64-66,68,70-72,74-75H,4-15,17-18,20-24,27-38,40-42,44-50,52-53,55-58H2,1-3H3,(H,69,76)/b19-16-,26-25-,43-39-,54-51+. The van der Waals surface area contributed by atoms with E-state index >= 15 is 0 Å². The maximum absolute atomic E-state index is 13.4. The second-order valence-electron chi connectivity index (χ2n) is 23.2. The van der Waals surface area contributed by atoms with Crippen molar-refractivity contribution in [2.75, 3.05) is 13.2 Å². The first-order valence-corrected chi connectivity index (χ1v) is 33.4. The van der Waals surface area contributed by atoms with Crippen molar-refractivity contribution in [3.63, 3.8) is 0 Å².